The van der Waals surface area contributed by atoms with E-state index in [1.807, 2.05) is 16.3 Å². The average Bonchev–Trinajstić information content (AvgIpc) is 3.04. The summed E-state index contributed by atoms with van der Waals surface area (Å²) in [5, 5.41) is 2.71. The molecule has 116 valence electrons. The number of hydrogen-bond acceptors (Lipinski definition) is 4. The topological polar surface area (TPSA) is 46.1 Å². The molecule has 0 radical (unpaired) electrons. The van der Waals surface area contributed by atoms with Crippen molar-refractivity contribution in [1.82, 2.24) is 14.9 Å². The van der Waals surface area contributed by atoms with E-state index >= 15 is 0 Å². The molecule has 3 rings (SSSR count). The smallest absolute Gasteiger partial charge is 0.273 e. The first kappa shape index (κ1) is 15.4. The van der Waals surface area contributed by atoms with Gasteiger partial charge in [0.1, 0.15) is 11.5 Å². The van der Waals surface area contributed by atoms with Crippen LogP contribution in [0.1, 0.15) is 41.0 Å². The second-order valence-electron chi connectivity index (χ2n) is 5.95. The number of aryl methyl sites for hydroxylation is 1. The summed E-state index contributed by atoms with van der Waals surface area (Å²) in [6.07, 6.45) is 4.49. The predicted octanol–water partition coefficient (Wildman–Crippen LogP) is 3.74. The maximum Gasteiger partial charge on any atom is 0.273 e. The number of halogens is 1. The molecule has 22 heavy (non-hydrogen) atoms. The van der Waals surface area contributed by atoms with Crippen LogP contribution in [0.15, 0.2) is 23.7 Å². The van der Waals surface area contributed by atoms with Gasteiger partial charge in [-0.1, -0.05) is 11.6 Å². The van der Waals surface area contributed by atoms with E-state index in [1.54, 1.807) is 30.5 Å². The standard InChI is InChI=1S/C16H18ClN3OS/c1-11-18-6-4-14(19-11)15(21)20-7-3-5-16(20,2)9-13-8-12(17)10-22-13/h4,6,8,10H,3,5,7,9H2,1-2H3. The first-order chi connectivity index (χ1) is 10.5. The van der Waals surface area contributed by atoms with Gasteiger partial charge in [0.05, 0.1) is 5.02 Å². The minimum Gasteiger partial charge on any atom is -0.332 e. The number of rotatable bonds is 3. The van der Waals surface area contributed by atoms with Crippen molar-refractivity contribution >= 4 is 28.8 Å². The van der Waals surface area contributed by atoms with Gasteiger partial charge in [-0.3, -0.25) is 4.79 Å². The first-order valence-corrected chi connectivity index (χ1v) is 8.58. The van der Waals surface area contributed by atoms with Crippen molar-refractivity contribution in [2.24, 2.45) is 0 Å². The van der Waals surface area contributed by atoms with Crippen LogP contribution in [-0.2, 0) is 6.42 Å². The average molecular weight is 336 g/mol. The van der Waals surface area contributed by atoms with Gasteiger partial charge in [0.15, 0.2) is 0 Å². The third kappa shape index (κ3) is 3.01. The summed E-state index contributed by atoms with van der Waals surface area (Å²) in [6, 6.07) is 3.68. The fourth-order valence-electron chi connectivity index (χ4n) is 3.09. The fraction of sp³-hybridized carbons (Fsp3) is 0.438. The zero-order valence-electron chi connectivity index (χ0n) is 12.7. The lowest BCUT2D eigenvalue weighted by Crippen LogP contribution is -2.46. The molecule has 1 aliphatic rings. The molecule has 1 saturated heterocycles. The van der Waals surface area contributed by atoms with E-state index in [4.69, 9.17) is 11.6 Å². The van der Waals surface area contributed by atoms with Gasteiger partial charge in [0.25, 0.3) is 5.91 Å². The lowest BCUT2D eigenvalue weighted by Gasteiger charge is -2.35. The molecule has 1 fully saturated rings. The third-order valence-corrected chi connectivity index (χ3v) is 5.45. The predicted molar refractivity (Wildman–Crippen MR) is 88.5 cm³/mol. The molecule has 1 atom stereocenters. The van der Waals surface area contributed by atoms with Gasteiger partial charge < -0.3 is 4.90 Å². The summed E-state index contributed by atoms with van der Waals surface area (Å²) >= 11 is 7.67. The molecule has 0 saturated carbocycles. The van der Waals surface area contributed by atoms with Crippen LogP contribution in [0.25, 0.3) is 0 Å². The SMILES string of the molecule is Cc1nccc(C(=O)N2CCCC2(C)Cc2cc(Cl)cs2)n1. The molecule has 2 aromatic heterocycles. The van der Waals surface area contributed by atoms with Crippen LogP contribution in [0.5, 0.6) is 0 Å². The van der Waals surface area contributed by atoms with Crippen molar-refractivity contribution in [3.05, 3.63) is 45.1 Å². The Labute approximate surface area is 139 Å². The van der Waals surface area contributed by atoms with Crippen LogP contribution in [0.3, 0.4) is 0 Å². The van der Waals surface area contributed by atoms with Crippen LogP contribution in [0.4, 0.5) is 0 Å². The molecule has 2 aromatic rings. The normalized spacial score (nSPS) is 21.3. The second kappa shape index (κ2) is 5.97. The lowest BCUT2D eigenvalue weighted by molar-refractivity contribution is 0.0619. The van der Waals surface area contributed by atoms with Gasteiger partial charge >= 0.3 is 0 Å². The summed E-state index contributed by atoms with van der Waals surface area (Å²) in [5.41, 5.74) is 0.300. The van der Waals surface area contributed by atoms with Gasteiger partial charge in [-0.05, 0) is 38.8 Å². The molecule has 4 nitrogen and oxygen atoms in total. The van der Waals surface area contributed by atoms with Crippen molar-refractivity contribution in [2.75, 3.05) is 6.54 Å². The number of carbonyl (C=O) groups is 1. The number of amides is 1. The highest BCUT2D eigenvalue weighted by atomic mass is 35.5. The minimum absolute atomic E-state index is 0.00634. The number of hydrogen-bond donors (Lipinski definition) is 0. The first-order valence-electron chi connectivity index (χ1n) is 7.32. The Hall–Kier alpha value is -1.46. The number of nitrogens with zero attached hydrogens (tertiary/aromatic N) is 3. The molecule has 0 aromatic carbocycles. The molecular weight excluding hydrogens is 318 g/mol. The van der Waals surface area contributed by atoms with Crippen molar-refractivity contribution in [1.29, 1.82) is 0 Å². The maximum absolute atomic E-state index is 12.8. The van der Waals surface area contributed by atoms with E-state index in [-0.39, 0.29) is 11.4 Å². The Morgan fingerprint density at radius 1 is 1.55 bits per heavy atom. The molecule has 0 aliphatic carbocycles. The van der Waals surface area contributed by atoms with E-state index in [0.29, 0.717) is 11.5 Å². The number of thiophene rings is 1. The van der Waals surface area contributed by atoms with Crippen LogP contribution >= 0.6 is 22.9 Å². The molecule has 0 spiro atoms. The zero-order valence-corrected chi connectivity index (χ0v) is 14.2. The summed E-state index contributed by atoms with van der Waals surface area (Å²) in [6.45, 7) is 4.73. The van der Waals surface area contributed by atoms with Crippen LogP contribution in [-0.4, -0.2) is 32.9 Å². The quantitative estimate of drug-likeness (QED) is 0.858. The summed E-state index contributed by atoms with van der Waals surface area (Å²) < 4.78 is 0. The Kier molecular flexibility index (Phi) is 4.19. The van der Waals surface area contributed by atoms with E-state index < -0.39 is 0 Å². The van der Waals surface area contributed by atoms with Gasteiger partial charge in [-0.25, -0.2) is 9.97 Å². The molecule has 6 heteroatoms. The molecule has 1 unspecified atom stereocenters. The molecule has 3 heterocycles. The van der Waals surface area contributed by atoms with Crippen molar-refractivity contribution in [2.45, 2.75) is 38.6 Å². The Balaban J connectivity index is 1.84. The van der Waals surface area contributed by atoms with Gasteiger partial charge in [-0.15, -0.1) is 11.3 Å². The Morgan fingerprint density at radius 3 is 3.05 bits per heavy atom. The highest BCUT2D eigenvalue weighted by molar-refractivity contribution is 7.10. The largest absolute Gasteiger partial charge is 0.332 e. The Bertz CT molecular complexity index is 702. The van der Waals surface area contributed by atoms with Crippen molar-refractivity contribution in [3.8, 4) is 0 Å². The Morgan fingerprint density at radius 2 is 2.36 bits per heavy atom. The van der Waals surface area contributed by atoms with E-state index in [2.05, 4.69) is 16.9 Å². The van der Waals surface area contributed by atoms with E-state index in [1.165, 1.54) is 4.88 Å². The molecular formula is C16H18ClN3OS. The van der Waals surface area contributed by atoms with Crippen LogP contribution < -0.4 is 0 Å². The molecule has 1 aliphatic heterocycles. The number of likely N-dealkylation sites (tertiary alicyclic amines) is 1. The summed E-state index contributed by atoms with van der Waals surface area (Å²) in [4.78, 5) is 24.3. The van der Waals surface area contributed by atoms with Gasteiger partial charge in [0.2, 0.25) is 0 Å². The number of aromatic nitrogens is 2. The molecule has 0 bridgehead atoms. The lowest BCUT2D eigenvalue weighted by atomic mass is 9.93. The summed E-state index contributed by atoms with van der Waals surface area (Å²) in [7, 11) is 0. The molecule has 1 amide bonds. The molecule has 0 N–H and O–H groups in total. The van der Waals surface area contributed by atoms with Crippen LogP contribution in [0, 0.1) is 6.92 Å². The monoisotopic (exact) mass is 335 g/mol. The minimum atomic E-state index is -0.176. The van der Waals surface area contributed by atoms with Gasteiger partial charge in [0, 0.05) is 35.0 Å². The zero-order chi connectivity index (χ0) is 15.7. The second-order valence-corrected chi connectivity index (χ2v) is 7.39. The van der Waals surface area contributed by atoms with Gasteiger partial charge in [-0.2, -0.15) is 0 Å². The highest BCUT2D eigenvalue weighted by Crippen LogP contribution is 2.35. The van der Waals surface area contributed by atoms with E-state index in [9.17, 15) is 4.79 Å². The summed E-state index contributed by atoms with van der Waals surface area (Å²) in [5.74, 6) is 0.616. The van der Waals surface area contributed by atoms with Crippen molar-refractivity contribution < 1.29 is 4.79 Å². The number of carbonyl (C=O) groups excluding carboxylic acids is 1. The maximum atomic E-state index is 12.8. The third-order valence-electron chi connectivity index (χ3n) is 4.17. The highest BCUT2D eigenvalue weighted by Gasteiger charge is 2.40. The van der Waals surface area contributed by atoms with E-state index in [0.717, 1.165) is 30.8 Å². The van der Waals surface area contributed by atoms with Crippen molar-refractivity contribution in [3.63, 3.8) is 0 Å². The fourth-order valence-corrected chi connectivity index (χ4v) is 4.34. The van der Waals surface area contributed by atoms with Crippen LogP contribution in [0.2, 0.25) is 5.02 Å².